The minimum atomic E-state index is -0.518. The average Bonchev–Trinajstić information content (AvgIpc) is 3.39. The molecular formula is C18H18N6O2S2. The first-order valence-corrected chi connectivity index (χ1v) is 10.6. The molecule has 1 aromatic carbocycles. The van der Waals surface area contributed by atoms with Gasteiger partial charge >= 0.3 is 0 Å². The number of piperidine rings is 1. The van der Waals surface area contributed by atoms with Gasteiger partial charge in [0.2, 0.25) is 5.91 Å². The molecule has 28 heavy (non-hydrogen) atoms. The van der Waals surface area contributed by atoms with Gasteiger partial charge in [0.15, 0.2) is 5.69 Å². The first-order chi connectivity index (χ1) is 13.6. The number of amides is 2. The van der Waals surface area contributed by atoms with Crippen LogP contribution in [0.15, 0.2) is 29.6 Å². The summed E-state index contributed by atoms with van der Waals surface area (Å²) in [7, 11) is 0. The van der Waals surface area contributed by atoms with Crippen LogP contribution in [-0.2, 0) is 4.79 Å². The van der Waals surface area contributed by atoms with Crippen molar-refractivity contribution in [1.82, 2.24) is 24.7 Å². The van der Waals surface area contributed by atoms with Gasteiger partial charge in [-0.3, -0.25) is 9.59 Å². The number of nitrogens with one attached hydrogen (secondary N) is 1. The molecule has 1 aliphatic rings. The van der Waals surface area contributed by atoms with Gasteiger partial charge in [0.25, 0.3) is 5.91 Å². The van der Waals surface area contributed by atoms with Gasteiger partial charge in [-0.2, -0.15) is 0 Å². The number of aryl methyl sites for hydroxylation is 1. The number of hydrogen-bond donors (Lipinski definition) is 1. The van der Waals surface area contributed by atoms with Crippen molar-refractivity contribution in [2.24, 2.45) is 0 Å². The third kappa shape index (κ3) is 3.92. The highest BCUT2D eigenvalue weighted by atomic mass is 32.1. The number of rotatable bonds is 4. The Bertz CT molecular complexity index is 988. The fraction of sp³-hybridized carbons (Fsp3) is 0.333. The summed E-state index contributed by atoms with van der Waals surface area (Å²) >= 11 is 2.63. The van der Waals surface area contributed by atoms with E-state index < -0.39 is 6.04 Å². The quantitative estimate of drug-likeness (QED) is 0.704. The maximum absolute atomic E-state index is 12.9. The number of likely N-dealkylation sites (tertiary alicyclic amines) is 1. The Labute approximate surface area is 169 Å². The molecule has 0 bridgehead atoms. The highest BCUT2D eigenvalue weighted by Gasteiger charge is 2.33. The summed E-state index contributed by atoms with van der Waals surface area (Å²) in [6.45, 7) is 2.44. The number of anilines is 1. The highest BCUT2D eigenvalue weighted by molar-refractivity contribution is 7.14. The van der Waals surface area contributed by atoms with Crippen molar-refractivity contribution >= 4 is 40.4 Å². The van der Waals surface area contributed by atoms with Crippen LogP contribution in [0.4, 0.5) is 5.69 Å². The normalized spacial score (nSPS) is 16.8. The number of aromatic nitrogens is 4. The summed E-state index contributed by atoms with van der Waals surface area (Å²) in [6, 6.07) is 6.98. The van der Waals surface area contributed by atoms with Gasteiger partial charge in [0, 0.05) is 23.2 Å². The largest absolute Gasteiger partial charge is 0.325 e. The van der Waals surface area contributed by atoms with Gasteiger partial charge in [-0.1, -0.05) is 28.0 Å². The molecule has 0 spiro atoms. The van der Waals surface area contributed by atoms with Crippen LogP contribution < -0.4 is 5.32 Å². The molecule has 1 unspecified atom stereocenters. The van der Waals surface area contributed by atoms with E-state index in [0.717, 1.165) is 40.0 Å². The molecule has 1 aliphatic heterocycles. The lowest BCUT2D eigenvalue weighted by Gasteiger charge is -2.34. The Kier molecular flexibility index (Phi) is 5.40. The van der Waals surface area contributed by atoms with E-state index >= 15 is 0 Å². The summed E-state index contributed by atoms with van der Waals surface area (Å²) in [6.07, 6.45) is 2.41. The lowest BCUT2D eigenvalue weighted by atomic mass is 10.0. The topological polar surface area (TPSA) is 101 Å². The molecule has 0 aliphatic carbocycles. The molecule has 1 atom stereocenters. The lowest BCUT2D eigenvalue weighted by Crippen LogP contribution is -2.50. The SMILES string of the molecule is Cc1nnc(-c2cccc(NC(=O)C3CCCCN3C(=O)c3csnn3)c2)s1. The second-order valence-corrected chi connectivity index (χ2v) is 8.29. The highest BCUT2D eigenvalue weighted by Crippen LogP contribution is 2.26. The monoisotopic (exact) mass is 414 g/mol. The first-order valence-electron chi connectivity index (χ1n) is 8.91. The third-order valence-electron chi connectivity index (χ3n) is 4.55. The van der Waals surface area contributed by atoms with E-state index in [9.17, 15) is 9.59 Å². The molecule has 1 fully saturated rings. The van der Waals surface area contributed by atoms with Gasteiger partial charge in [-0.05, 0) is 49.9 Å². The van der Waals surface area contributed by atoms with Crippen molar-refractivity contribution < 1.29 is 9.59 Å². The van der Waals surface area contributed by atoms with Crippen molar-refractivity contribution in [3.8, 4) is 10.6 Å². The number of carbonyl (C=O) groups excluding carboxylic acids is 2. The van der Waals surface area contributed by atoms with Crippen molar-refractivity contribution in [2.75, 3.05) is 11.9 Å². The van der Waals surface area contributed by atoms with Crippen LogP contribution >= 0.6 is 22.9 Å². The van der Waals surface area contributed by atoms with Crippen molar-refractivity contribution in [1.29, 1.82) is 0 Å². The predicted octanol–water partition coefficient (Wildman–Crippen LogP) is 3.00. The summed E-state index contributed by atoms with van der Waals surface area (Å²) in [4.78, 5) is 27.3. The maximum atomic E-state index is 12.9. The van der Waals surface area contributed by atoms with Crippen molar-refractivity contribution in [2.45, 2.75) is 32.2 Å². The molecule has 3 heterocycles. The van der Waals surface area contributed by atoms with E-state index in [1.165, 1.54) is 11.3 Å². The zero-order valence-electron chi connectivity index (χ0n) is 15.2. The number of nitrogens with zero attached hydrogens (tertiary/aromatic N) is 5. The van der Waals surface area contributed by atoms with Gasteiger partial charge < -0.3 is 10.2 Å². The van der Waals surface area contributed by atoms with Crippen LogP contribution in [0.3, 0.4) is 0 Å². The summed E-state index contributed by atoms with van der Waals surface area (Å²) in [5.74, 6) is -0.437. The fourth-order valence-corrected chi connectivity index (χ4v) is 4.34. The second kappa shape index (κ2) is 8.11. The first kappa shape index (κ1) is 18.6. The van der Waals surface area contributed by atoms with E-state index in [2.05, 4.69) is 25.1 Å². The third-order valence-corrected chi connectivity index (χ3v) is 5.94. The molecule has 1 saturated heterocycles. The smallest absolute Gasteiger partial charge is 0.275 e. The van der Waals surface area contributed by atoms with Crippen LogP contribution in [0, 0.1) is 6.92 Å². The summed E-state index contributed by atoms with van der Waals surface area (Å²) in [5.41, 5.74) is 1.86. The van der Waals surface area contributed by atoms with Crippen LogP contribution in [-0.4, -0.2) is 49.1 Å². The standard InChI is InChI=1S/C18H18N6O2S2/c1-11-20-22-17(28-11)12-5-4-6-13(9-12)19-16(25)15-7-2-3-8-24(15)18(26)14-10-27-23-21-14/h4-6,9-10,15H,2-3,7-8H2,1H3,(H,19,25). The Hall–Kier alpha value is -2.72. The van der Waals surface area contributed by atoms with Crippen molar-refractivity contribution in [3.05, 3.63) is 40.3 Å². The van der Waals surface area contributed by atoms with Gasteiger partial charge in [0.05, 0.1) is 0 Å². The molecule has 0 saturated carbocycles. The van der Waals surface area contributed by atoms with Crippen LogP contribution in [0.5, 0.6) is 0 Å². The number of hydrogen-bond acceptors (Lipinski definition) is 8. The molecule has 3 aromatic rings. The molecule has 10 heteroatoms. The molecule has 2 aromatic heterocycles. The summed E-state index contributed by atoms with van der Waals surface area (Å²) in [5, 5.41) is 18.3. The Morgan fingerprint density at radius 1 is 1.21 bits per heavy atom. The Balaban J connectivity index is 1.51. The fourth-order valence-electron chi connectivity index (χ4n) is 3.22. The number of carbonyl (C=O) groups is 2. The molecule has 2 amide bonds. The zero-order valence-corrected chi connectivity index (χ0v) is 16.8. The molecule has 4 rings (SSSR count). The van der Waals surface area contributed by atoms with E-state index in [4.69, 9.17) is 0 Å². The maximum Gasteiger partial charge on any atom is 0.275 e. The minimum Gasteiger partial charge on any atom is -0.325 e. The Morgan fingerprint density at radius 3 is 2.86 bits per heavy atom. The van der Waals surface area contributed by atoms with Crippen LogP contribution in [0.2, 0.25) is 0 Å². The minimum absolute atomic E-state index is 0.193. The van der Waals surface area contributed by atoms with Crippen molar-refractivity contribution in [3.63, 3.8) is 0 Å². The van der Waals surface area contributed by atoms with Crippen LogP contribution in [0.1, 0.15) is 34.8 Å². The van der Waals surface area contributed by atoms with E-state index in [-0.39, 0.29) is 11.8 Å². The van der Waals surface area contributed by atoms with Gasteiger partial charge in [0.1, 0.15) is 16.1 Å². The predicted molar refractivity (Wildman–Crippen MR) is 107 cm³/mol. The van der Waals surface area contributed by atoms with Crippen LogP contribution in [0.25, 0.3) is 10.6 Å². The summed E-state index contributed by atoms with van der Waals surface area (Å²) < 4.78 is 3.75. The van der Waals surface area contributed by atoms with E-state index in [1.807, 2.05) is 31.2 Å². The molecule has 144 valence electrons. The lowest BCUT2D eigenvalue weighted by molar-refractivity contribution is -0.121. The second-order valence-electron chi connectivity index (χ2n) is 6.50. The molecule has 8 nitrogen and oxygen atoms in total. The van der Waals surface area contributed by atoms with E-state index in [1.54, 1.807) is 10.3 Å². The Morgan fingerprint density at radius 2 is 2.11 bits per heavy atom. The molecule has 1 N–H and O–H groups in total. The zero-order chi connectivity index (χ0) is 19.5. The number of benzene rings is 1. The van der Waals surface area contributed by atoms with E-state index in [0.29, 0.717) is 24.3 Å². The average molecular weight is 415 g/mol. The van der Waals surface area contributed by atoms with Gasteiger partial charge in [-0.25, -0.2) is 0 Å². The van der Waals surface area contributed by atoms with Gasteiger partial charge in [-0.15, -0.1) is 15.3 Å². The molecule has 0 radical (unpaired) electrons. The molecular weight excluding hydrogens is 396 g/mol.